The van der Waals surface area contributed by atoms with E-state index in [4.69, 9.17) is 0 Å². The standard InChI is InChI=1S/C19H28BrN/c1-3-14-21-19(16-10-7-5-4-6-8-11-16)17-12-9-13-18(20)15(17)2/h9-10,12-13,19,21H,3-8,11,14H2,1-2H3/b16-10+. The first kappa shape index (κ1) is 16.8. The predicted octanol–water partition coefficient (Wildman–Crippen LogP) is 6.08. The molecular weight excluding hydrogens is 322 g/mol. The summed E-state index contributed by atoms with van der Waals surface area (Å²) < 4.78 is 1.22. The van der Waals surface area contributed by atoms with E-state index in [1.54, 1.807) is 5.57 Å². The number of rotatable bonds is 5. The van der Waals surface area contributed by atoms with Gasteiger partial charge in [0.05, 0.1) is 6.04 Å². The van der Waals surface area contributed by atoms with E-state index in [0.29, 0.717) is 6.04 Å². The summed E-state index contributed by atoms with van der Waals surface area (Å²) in [6, 6.07) is 6.98. The molecule has 0 saturated carbocycles. The zero-order chi connectivity index (χ0) is 15.1. The lowest BCUT2D eigenvalue weighted by Gasteiger charge is -2.26. The number of hydrogen-bond acceptors (Lipinski definition) is 1. The van der Waals surface area contributed by atoms with Gasteiger partial charge < -0.3 is 5.32 Å². The first-order chi connectivity index (χ1) is 10.2. The summed E-state index contributed by atoms with van der Waals surface area (Å²) in [5.41, 5.74) is 4.41. The van der Waals surface area contributed by atoms with Gasteiger partial charge in [-0.15, -0.1) is 0 Å². The SMILES string of the molecule is CCCNC(/C1=C/CCCCCC1)c1cccc(Br)c1C. The normalized spacial score (nSPS) is 20.2. The van der Waals surface area contributed by atoms with E-state index in [-0.39, 0.29) is 0 Å². The van der Waals surface area contributed by atoms with Gasteiger partial charge in [-0.05, 0) is 62.8 Å². The maximum atomic E-state index is 3.78. The van der Waals surface area contributed by atoms with Crippen LogP contribution in [0.3, 0.4) is 0 Å². The minimum absolute atomic E-state index is 0.389. The van der Waals surface area contributed by atoms with Crippen LogP contribution in [0.2, 0.25) is 0 Å². The zero-order valence-corrected chi connectivity index (χ0v) is 15.0. The van der Waals surface area contributed by atoms with Gasteiger partial charge in [0, 0.05) is 4.47 Å². The highest BCUT2D eigenvalue weighted by atomic mass is 79.9. The Bertz CT molecular complexity index is 478. The molecule has 1 N–H and O–H groups in total. The van der Waals surface area contributed by atoms with Crippen LogP contribution in [0.1, 0.15) is 69.0 Å². The second-order valence-electron chi connectivity index (χ2n) is 6.07. The molecule has 0 fully saturated rings. The van der Waals surface area contributed by atoms with Crippen LogP contribution in [-0.2, 0) is 0 Å². The molecule has 0 amide bonds. The van der Waals surface area contributed by atoms with E-state index >= 15 is 0 Å². The molecule has 116 valence electrons. The minimum Gasteiger partial charge on any atom is -0.307 e. The van der Waals surface area contributed by atoms with Crippen molar-refractivity contribution in [3.63, 3.8) is 0 Å². The first-order valence-electron chi connectivity index (χ1n) is 8.41. The summed E-state index contributed by atoms with van der Waals surface area (Å²) in [5, 5.41) is 3.78. The summed E-state index contributed by atoms with van der Waals surface area (Å²) in [7, 11) is 0. The summed E-state index contributed by atoms with van der Waals surface area (Å²) >= 11 is 3.69. The van der Waals surface area contributed by atoms with Crippen LogP contribution < -0.4 is 5.32 Å². The highest BCUT2D eigenvalue weighted by Crippen LogP contribution is 2.32. The number of halogens is 1. The van der Waals surface area contributed by atoms with Crippen molar-refractivity contribution in [3.05, 3.63) is 45.4 Å². The molecule has 0 heterocycles. The molecule has 0 bridgehead atoms. The Balaban J connectivity index is 2.30. The van der Waals surface area contributed by atoms with Gasteiger partial charge >= 0.3 is 0 Å². The molecule has 0 aliphatic heterocycles. The van der Waals surface area contributed by atoms with Crippen molar-refractivity contribution in [2.75, 3.05) is 6.54 Å². The lowest BCUT2D eigenvalue weighted by atomic mass is 9.89. The summed E-state index contributed by atoms with van der Waals surface area (Å²) in [4.78, 5) is 0. The summed E-state index contributed by atoms with van der Waals surface area (Å²) in [5.74, 6) is 0. The fourth-order valence-corrected chi connectivity index (χ4v) is 3.53. The lowest BCUT2D eigenvalue weighted by molar-refractivity contribution is 0.539. The number of nitrogens with one attached hydrogen (secondary N) is 1. The predicted molar refractivity (Wildman–Crippen MR) is 95.7 cm³/mol. The molecule has 0 aromatic heterocycles. The molecule has 1 aromatic carbocycles. The molecule has 1 unspecified atom stereocenters. The van der Waals surface area contributed by atoms with Gasteiger partial charge in [-0.25, -0.2) is 0 Å². The van der Waals surface area contributed by atoms with Crippen molar-refractivity contribution in [2.24, 2.45) is 0 Å². The van der Waals surface area contributed by atoms with Crippen molar-refractivity contribution in [1.29, 1.82) is 0 Å². The van der Waals surface area contributed by atoms with Crippen LogP contribution in [0.25, 0.3) is 0 Å². The van der Waals surface area contributed by atoms with Crippen LogP contribution >= 0.6 is 15.9 Å². The number of hydrogen-bond donors (Lipinski definition) is 1. The van der Waals surface area contributed by atoms with Gasteiger partial charge in [0.1, 0.15) is 0 Å². The zero-order valence-electron chi connectivity index (χ0n) is 13.4. The summed E-state index contributed by atoms with van der Waals surface area (Å²) in [6.45, 7) is 5.54. The van der Waals surface area contributed by atoms with E-state index in [2.05, 4.69) is 59.4 Å². The van der Waals surface area contributed by atoms with Gasteiger partial charge in [-0.2, -0.15) is 0 Å². The van der Waals surface area contributed by atoms with Crippen LogP contribution in [-0.4, -0.2) is 6.54 Å². The molecule has 0 radical (unpaired) electrons. The lowest BCUT2D eigenvalue weighted by Crippen LogP contribution is -2.25. The van der Waals surface area contributed by atoms with Crippen molar-refractivity contribution < 1.29 is 0 Å². The Morgan fingerprint density at radius 1 is 1.19 bits per heavy atom. The second kappa shape index (κ2) is 8.75. The first-order valence-corrected chi connectivity index (χ1v) is 9.20. The van der Waals surface area contributed by atoms with Gasteiger partial charge in [0.25, 0.3) is 0 Å². The van der Waals surface area contributed by atoms with Gasteiger partial charge in [0.2, 0.25) is 0 Å². The molecular formula is C19H28BrN. The molecule has 0 spiro atoms. The van der Waals surface area contributed by atoms with Crippen molar-refractivity contribution in [1.82, 2.24) is 5.32 Å². The van der Waals surface area contributed by atoms with E-state index in [1.165, 1.54) is 60.5 Å². The van der Waals surface area contributed by atoms with E-state index in [9.17, 15) is 0 Å². The quantitative estimate of drug-likeness (QED) is 0.635. The molecule has 0 saturated heterocycles. The largest absolute Gasteiger partial charge is 0.307 e. The number of benzene rings is 1. The number of allylic oxidation sites excluding steroid dienone is 1. The van der Waals surface area contributed by atoms with Crippen LogP contribution in [0.5, 0.6) is 0 Å². The average Bonchev–Trinajstić information content (AvgIpc) is 2.44. The molecule has 2 heteroatoms. The third kappa shape index (κ3) is 4.69. The third-order valence-corrected chi connectivity index (χ3v) is 5.28. The molecule has 21 heavy (non-hydrogen) atoms. The molecule has 1 atom stereocenters. The minimum atomic E-state index is 0.389. The smallest absolute Gasteiger partial charge is 0.0539 e. The highest BCUT2D eigenvalue weighted by molar-refractivity contribution is 9.10. The third-order valence-electron chi connectivity index (χ3n) is 4.42. The molecule has 1 aliphatic rings. The Kier molecular flexibility index (Phi) is 6.98. The summed E-state index contributed by atoms with van der Waals surface area (Å²) in [6.07, 6.45) is 11.6. The van der Waals surface area contributed by atoms with Gasteiger partial charge in [-0.3, -0.25) is 0 Å². The van der Waals surface area contributed by atoms with E-state index in [0.717, 1.165) is 6.54 Å². The van der Waals surface area contributed by atoms with E-state index in [1.807, 2.05) is 0 Å². The topological polar surface area (TPSA) is 12.0 Å². The molecule has 1 aromatic rings. The van der Waals surface area contributed by atoms with Crippen molar-refractivity contribution >= 4 is 15.9 Å². The fraction of sp³-hybridized carbons (Fsp3) is 0.579. The Morgan fingerprint density at radius 3 is 2.81 bits per heavy atom. The maximum Gasteiger partial charge on any atom is 0.0539 e. The highest BCUT2D eigenvalue weighted by Gasteiger charge is 2.19. The monoisotopic (exact) mass is 349 g/mol. The van der Waals surface area contributed by atoms with Crippen molar-refractivity contribution in [3.8, 4) is 0 Å². The fourth-order valence-electron chi connectivity index (χ4n) is 3.15. The second-order valence-corrected chi connectivity index (χ2v) is 6.93. The Morgan fingerprint density at radius 2 is 2.00 bits per heavy atom. The molecule has 1 aliphatic carbocycles. The molecule has 2 rings (SSSR count). The average molecular weight is 350 g/mol. The maximum absolute atomic E-state index is 3.78. The van der Waals surface area contributed by atoms with Crippen LogP contribution in [0.4, 0.5) is 0 Å². The Labute approximate surface area is 138 Å². The van der Waals surface area contributed by atoms with E-state index < -0.39 is 0 Å². The molecule has 1 nitrogen and oxygen atoms in total. The van der Waals surface area contributed by atoms with Crippen LogP contribution in [0, 0.1) is 6.92 Å². The Hall–Kier alpha value is -0.600. The van der Waals surface area contributed by atoms with Crippen molar-refractivity contribution in [2.45, 2.75) is 64.8 Å². The van der Waals surface area contributed by atoms with Gasteiger partial charge in [0.15, 0.2) is 0 Å². The van der Waals surface area contributed by atoms with Crippen LogP contribution in [0.15, 0.2) is 34.3 Å². The van der Waals surface area contributed by atoms with Gasteiger partial charge in [-0.1, -0.05) is 59.5 Å².